The van der Waals surface area contributed by atoms with Gasteiger partial charge in [-0.25, -0.2) is 0 Å². The van der Waals surface area contributed by atoms with E-state index in [-0.39, 0.29) is 23.9 Å². The highest BCUT2D eigenvalue weighted by Gasteiger charge is 2.24. The topological polar surface area (TPSA) is 84.2 Å². The largest absolute Gasteiger partial charge is 0.361 e. The van der Waals surface area contributed by atoms with Crippen LogP contribution >= 0.6 is 0 Å². The third kappa shape index (κ3) is 6.31. The molecule has 2 amide bonds. The van der Waals surface area contributed by atoms with Crippen molar-refractivity contribution in [2.75, 3.05) is 0 Å². The molecule has 1 aromatic heterocycles. The summed E-state index contributed by atoms with van der Waals surface area (Å²) in [7, 11) is 0. The maximum Gasteiger partial charge on any atom is 0.244 e. The predicted octanol–water partition coefficient (Wildman–Crippen LogP) is 3.48. The second-order valence-corrected chi connectivity index (χ2v) is 7.68. The molecular formula is C23H29N3O3. The molecular weight excluding hydrogens is 366 g/mol. The monoisotopic (exact) mass is 395 g/mol. The predicted molar refractivity (Wildman–Crippen MR) is 112 cm³/mol. The summed E-state index contributed by atoms with van der Waals surface area (Å²) in [6.07, 6.45) is 8.07. The smallest absolute Gasteiger partial charge is 0.244 e. The van der Waals surface area contributed by atoms with Gasteiger partial charge in [0.1, 0.15) is 5.76 Å². The van der Waals surface area contributed by atoms with Gasteiger partial charge in [-0.1, -0.05) is 35.5 Å². The molecule has 0 aliphatic heterocycles. The van der Waals surface area contributed by atoms with Crippen LogP contribution in [-0.2, 0) is 16.0 Å². The Hall–Kier alpha value is -2.89. The Morgan fingerprint density at radius 1 is 1.14 bits per heavy atom. The maximum absolute atomic E-state index is 12.4. The first kappa shape index (κ1) is 20.8. The van der Waals surface area contributed by atoms with Crippen LogP contribution in [0.15, 0.2) is 40.9 Å². The van der Waals surface area contributed by atoms with Gasteiger partial charge in [0.25, 0.3) is 0 Å². The number of aromatic nitrogens is 1. The van der Waals surface area contributed by atoms with Gasteiger partial charge in [-0.05, 0) is 57.6 Å². The first-order chi connectivity index (χ1) is 14.0. The molecule has 1 fully saturated rings. The third-order valence-corrected chi connectivity index (χ3v) is 5.40. The molecule has 1 saturated carbocycles. The number of nitrogens with one attached hydrogen (secondary N) is 2. The van der Waals surface area contributed by atoms with E-state index >= 15 is 0 Å². The lowest BCUT2D eigenvalue weighted by Gasteiger charge is -2.30. The quantitative estimate of drug-likeness (QED) is 0.703. The summed E-state index contributed by atoms with van der Waals surface area (Å²) in [4.78, 5) is 24.6. The molecule has 6 nitrogen and oxygen atoms in total. The maximum atomic E-state index is 12.4. The number of amides is 2. The van der Waals surface area contributed by atoms with E-state index in [0.717, 1.165) is 48.3 Å². The number of aryl methyl sites for hydroxylation is 2. The molecule has 2 atom stereocenters. The van der Waals surface area contributed by atoms with Gasteiger partial charge in [-0.2, -0.15) is 0 Å². The fourth-order valence-electron chi connectivity index (χ4n) is 3.83. The van der Waals surface area contributed by atoms with Crippen molar-refractivity contribution in [1.82, 2.24) is 15.8 Å². The van der Waals surface area contributed by atoms with E-state index in [0.29, 0.717) is 12.8 Å². The molecule has 2 aromatic rings. The molecule has 0 radical (unpaired) electrons. The lowest BCUT2D eigenvalue weighted by Crippen LogP contribution is -2.45. The van der Waals surface area contributed by atoms with Gasteiger partial charge in [-0.3, -0.25) is 9.59 Å². The second kappa shape index (κ2) is 10.0. The van der Waals surface area contributed by atoms with Crippen LogP contribution in [0.4, 0.5) is 0 Å². The molecule has 1 heterocycles. The van der Waals surface area contributed by atoms with E-state index < -0.39 is 0 Å². The van der Waals surface area contributed by atoms with Crippen molar-refractivity contribution < 1.29 is 14.1 Å². The highest BCUT2D eigenvalue weighted by molar-refractivity contribution is 5.91. The SMILES string of the molecule is Cc1noc(C)c1CCC(=O)N[C@H]1CCC[C@@H](NC(=O)/C=C/c2ccccc2)C1. The van der Waals surface area contributed by atoms with E-state index in [1.165, 1.54) is 0 Å². The lowest BCUT2D eigenvalue weighted by molar-refractivity contribution is -0.122. The van der Waals surface area contributed by atoms with Crippen LogP contribution in [0.1, 0.15) is 54.7 Å². The van der Waals surface area contributed by atoms with Gasteiger partial charge >= 0.3 is 0 Å². The van der Waals surface area contributed by atoms with Gasteiger partial charge in [0.15, 0.2) is 0 Å². The van der Waals surface area contributed by atoms with Crippen LogP contribution in [0.25, 0.3) is 6.08 Å². The summed E-state index contributed by atoms with van der Waals surface area (Å²) < 4.78 is 5.15. The third-order valence-electron chi connectivity index (χ3n) is 5.40. The fourth-order valence-corrected chi connectivity index (χ4v) is 3.83. The molecule has 6 heteroatoms. The van der Waals surface area contributed by atoms with Crippen molar-refractivity contribution >= 4 is 17.9 Å². The number of nitrogens with zero attached hydrogens (tertiary/aromatic N) is 1. The van der Waals surface area contributed by atoms with Crippen molar-refractivity contribution in [2.24, 2.45) is 0 Å². The highest BCUT2D eigenvalue weighted by atomic mass is 16.5. The van der Waals surface area contributed by atoms with Crippen molar-refractivity contribution in [3.05, 3.63) is 59.0 Å². The van der Waals surface area contributed by atoms with Gasteiger partial charge in [0.2, 0.25) is 11.8 Å². The van der Waals surface area contributed by atoms with Crippen LogP contribution in [0.5, 0.6) is 0 Å². The van der Waals surface area contributed by atoms with Gasteiger partial charge in [-0.15, -0.1) is 0 Å². The molecule has 3 rings (SSSR count). The summed E-state index contributed by atoms with van der Waals surface area (Å²) in [6.45, 7) is 3.76. The highest BCUT2D eigenvalue weighted by Crippen LogP contribution is 2.19. The van der Waals surface area contributed by atoms with E-state index in [1.54, 1.807) is 6.08 Å². The fraction of sp³-hybridized carbons (Fsp3) is 0.435. The molecule has 1 aliphatic rings. The van der Waals surface area contributed by atoms with Gasteiger partial charge in [0, 0.05) is 30.1 Å². The Morgan fingerprint density at radius 3 is 2.55 bits per heavy atom. The minimum absolute atomic E-state index is 0.0333. The molecule has 1 aromatic carbocycles. The first-order valence-electron chi connectivity index (χ1n) is 10.3. The minimum atomic E-state index is -0.0933. The number of hydrogen-bond acceptors (Lipinski definition) is 4. The Kier molecular flexibility index (Phi) is 7.22. The first-order valence-corrected chi connectivity index (χ1v) is 10.3. The van der Waals surface area contributed by atoms with Crippen molar-refractivity contribution in [2.45, 2.75) is 64.5 Å². The molecule has 0 saturated heterocycles. The molecule has 0 bridgehead atoms. The zero-order chi connectivity index (χ0) is 20.6. The molecule has 154 valence electrons. The number of carbonyl (C=O) groups excluding carboxylic acids is 2. The summed E-state index contributed by atoms with van der Waals surface area (Å²) in [5.41, 5.74) is 2.85. The van der Waals surface area contributed by atoms with Crippen LogP contribution in [0, 0.1) is 13.8 Å². The van der Waals surface area contributed by atoms with Crippen LogP contribution in [-0.4, -0.2) is 29.1 Å². The number of hydrogen-bond donors (Lipinski definition) is 2. The molecule has 0 unspecified atom stereocenters. The van der Waals surface area contributed by atoms with E-state index in [4.69, 9.17) is 4.52 Å². The standard InChI is InChI=1S/C23H29N3O3/c1-16-21(17(2)29-26-16)12-14-23(28)25-20-10-6-9-19(15-20)24-22(27)13-11-18-7-4-3-5-8-18/h3-5,7-8,11,13,19-20H,6,9-10,12,14-15H2,1-2H3,(H,24,27)(H,25,28)/b13-11+/t19-,20+/m1/s1. The number of benzene rings is 1. The Bertz CT molecular complexity index is 838. The summed E-state index contributed by atoms with van der Waals surface area (Å²) in [5, 5.41) is 10.1. The molecule has 29 heavy (non-hydrogen) atoms. The Balaban J connectivity index is 1.43. The Labute approximate surface area is 171 Å². The van der Waals surface area contributed by atoms with Crippen LogP contribution < -0.4 is 10.6 Å². The summed E-state index contributed by atoms with van der Waals surface area (Å²) >= 11 is 0. The van der Waals surface area contributed by atoms with Crippen molar-refractivity contribution in [3.63, 3.8) is 0 Å². The second-order valence-electron chi connectivity index (χ2n) is 7.68. The zero-order valence-electron chi connectivity index (χ0n) is 17.1. The zero-order valence-corrected chi connectivity index (χ0v) is 17.1. The Morgan fingerprint density at radius 2 is 1.86 bits per heavy atom. The van der Waals surface area contributed by atoms with E-state index in [1.807, 2.05) is 50.3 Å². The van der Waals surface area contributed by atoms with Crippen LogP contribution in [0.2, 0.25) is 0 Å². The lowest BCUT2D eigenvalue weighted by atomic mass is 9.90. The normalized spacial score (nSPS) is 19.2. The molecule has 1 aliphatic carbocycles. The number of rotatable bonds is 7. The molecule has 0 spiro atoms. The molecule has 2 N–H and O–H groups in total. The van der Waals surface area contributed by atoms with Crippen LogP contribution in [0.3, 0.4) is 0 Å². The summed E-state index contributed by atoms with van der Waals surface area (Å²) in [6, 6.07) is 9.93. The average molecular weight is 396 g/mol. The minimum Gasteiger partial charge on any atom is -0.361 e. The van der Waals surface area contributed by atoms with Crippen molar-refractivity contribution in [3.8, 4) is 0 Å². The van der Waals surface area contributed by atoms with E-state index in [2.05, 4.69) is 15.8 Å². The van der Waals surface area contributed by atoms with Gasteiger partial charge in [0.05, 0.1) is 5.69 Å². The average Bonchev–Trinajstić information content (AvgIpc) is 3.03. The summed E-state index contributed by atoms with van der Waals surface area (Å²) in [5.74, 6) is 0.717. The van der Waals surface area contributed by atoms with Gasteiger partial charge < -0.3 is 15.2 Å². The van der Waals surface area contributed by atoms with Crippen molar-refractivity contribution in [1.29, 1.82) is 0 Å². The van der Waals surface area contributed by atoms with E-state index in [9.17, 15) is 9.59 Å². The number of carbonyl (C=O) groups is 2.